The first kappa shape index (κ1) is 7.98. The van der Waals surface area contributed by atoms with Crippen molar-refractivity contribution in [2.45, 2.75) is 19.4 Å². The number of rotatable bonds is 1. The molecule has 3 N–H and O–H groups in total. The van der Waals surface area contributed by atoms with Crippen LogP contribution in [0.5, 0.6) is 0 Å². The second kappa shape index (κ2) is 2.19. The van der Waals surface area contributed by atoms with E-state index in [1.54, 1.807) is 6.92 Å². The summed E-state index contributed by atoms with van der Waals surface area (Å²) in [6.07, 6.45) is 0. The summed E-state index contributed by atoms with van der Waals surface area (Å²) >= 11 is 0. The molecule has 0 aliphatic carbocycles. The highest BCUT2D eigenvalue weighted by molar-refractivity contribution is 5.01. The zero-order chi connectivity index (χ0) is 7.83. The Morgan fingerprint density at radius 1 is 1.40 bits per heavy atom. The van der Waals surface area contributed by atoms with Gasteiger partial charge in [-0.2, -0.15) is 0 Å². The van der Waals surface area contributed by atoms with Crippen molar-refractivity contribution in [3.05, 3.63) is 0 Å². The molecule has 3 nitrogen and oxygen atoms in total. The van der Waals surface area contributed by atoms with Crippen molar-refractivity contribution in [3.8, 4) is 0 Å². The van der Waals surface area contributed by atoms with Gasteiger partial charge < -0.3 is 15.5 Å². The first-order valence-corrected chi connectivity index (χ1v) is 3.56. The molecule has 0 aromatic rings. The van der Waals surface area contributed by atoms with Crippen LogP contribution in [0.15, 0.2) is 0 Å². The maximum absolute atomic E-state index is 9.69. The van der Waals surface area contributed by atoms with Gasteiger partial charge in [0, 0.05) is 18.5 Å². The smallest absolute Gasteiger partial charge is 0.0830 e. The van der Waals surface area contributed by atoms with Gasteiger partial charge in [0.2, 0.25) is 0 Å². The highest BCUT2D eigenvalue weighted by atomic mass is 16.3. The highest BCUT2D eigenvalue weighted by Crippen LogP contribution is 2.33. The second-order valence-electron chi connectivity index (χ2n) is 3.60. The standard InChI is InChI=1S/C7H15NO2/c1-6(5-9)3-8-4-7(6,2)10/h8-10H,3-5H2,1-2H3/t6-,7-/m1/s1. The fraction of sp³-hybridized carbons (Fsp3) is 1.00. The largest absolute Gasteiger partial charge is 0.396 e. The molecule has 0 unspecified atom stereocenters. The molecular weight excluding hydrogens is 130 g/mol. The van der Waals surface area contributed by atoms with Crippen LogP contribution >= 0.6 is 0 Å². The summed E-state index contributed by atoms with van der Waals surface area (Å²) in [4.78, 5) is 0. The Balaban J connectivity index is 2.76. The predicted octanol–water partition coefficient (Wildman–Crippen LogP) is -0.661. The number of hydrogen-bond donors (Lipinski definition) is 3. The molecule has 1 rings (SSSR count). The van der Waals surface area contributed by atoms with Crippen LogP contribution in [-0.4, -0.2) is 35.5 Å². The molecule has 3 heteroatoms. The monoisotopic (exact) mass is 145 g/mol. The van der Waals surface area contributed by atoms with Gasteiger partial charge in [0.05, 0.1) is 12.2 Å². The third-order valence-corrected chi connectivity index (χ3v) is 2.63. The lowest BCUT2D eigenvalue weighted by atomic mass is 9.78. The van der Waals surface area contributed by atoms with Crippen molar-refractivity contribution in [3.63, 3.8) is 0 Å². The number of nitrogens with one attached hydrogen (secondary N) is 1. The van der Waals surface area contributed by atoms with Crippen LogP contribution in [0.1, 0.15) is 13.8 Å². The van der Waals surface area contributed by atoms with Gasteiger partial charge in [-0.1, -0.05) is 6.92 Å². The molecule has 60 valence electrons. The van der Waals surface area contributed by atoms with Gasteiger partial charge in [0.25, 0.3) is 0 Å². The van der Waals surface area contributed by atoms with Gasteiger partial charge in [-0.25, -0.2) is 0 Å². The molecule has 0 amide bonds. The van der Waals surface area contributed by atoms with Crippen molar-refractivity contribution in [1.82, 2.24) is 5.32 Å². The number of β-amino-alcohol motifs (C(OH)–C–C–N with tert-alkyl or cyclic N) is 1. The van der Waals surface area contributed by atoms with Crippen LogP contribution < -0.4 is 5.32 Å². The van der Waals surface area contributed by atoms with Gasteiger partial charge in [-0.15, -0.1) is 0 Å². The van der Waals surface area contributed by atoms with E-state index in [9.17, 15) is 5.11 Å². The third kappa shape index (κ3) is 0.944. The minimum absolute atomic E-state index is 0.0347. The van der Waals surface area contributed by atoms with E-state index >= 15 is 0 Å². The third-order valence-electron chi connectivity index (χ3n) is 2.63. The average Bonchev–Trinajstić information content (AvgIpc) is 2.10. The summed E-state index contributed by atoms with van der Waals surface area (Å²) < 4.78 is 0. The molecule has 1 saturated heterocycles. The maximum atomic E-state index is 9.69. The molecule has 1 aliphatic rings. The summed E-state index contributed by atoms with van der Waals surface area (Å²) in [6, 6.07) is 0. The Hall–Kier alpha value is -0.120. The first-order valence-electron chi connectivity index (χ1n) is 3.56. The van der Waals surface area contributed by atoms with E-state index in [0.29, 0.717) is 13.1 Å². The second-order valence-corrected chi connectivity index (χ2v) is 3.60. The summed E-state index contributed by atoms with van der Waals surface area (Å²) in [5.74, 6) is 0. The molecule has 0 aromatic carbocycles. The van der Waals surface area contributed by atoms with Crippen molar-refractivity contribution >= 4 is 0 Å². The van der Waals surface area contributed by atoms with E-state index < -0.39 is 5.60 Å². The van der Waals surface area contributed by atoms with Crippen LogP contribution in [0.25, 0.3) is 0 Å². The van der Waals surface area contributed by atoms with E-state index in [0.717, 1.165) is 0 Å². The minimum Gasteiger partial charge on any atom is -0.396 e. The molecule has 0 bridgehead atoms. The molecule has 1 heterocycles. The molecule has 2 atom stereocenters. The minimum atomic E-state index is -0.762. The van der Waals surface area contributed by atoms with Gasteiger partial charge >= 0.3 is 0 Å². The lowest BCUT2D eigenvalue weighted by Crippen LogP contribution is -2.45. The van der Waals surface area contributed by atoms with Crippen LogP contribution in [0.3, 0.4) is 0 Å². The van der Waals surface area contributed by atoms with Crippen molar-refractivity contribution < 1.29 is 10.2 Å². The van der Waals surface area contributed by atoms with Gasteiger partial charge in [-0.3, -0.25) is 0 Å². The van der Waals surface area contributed by atoms with E-state index in [-0.39, 0.29) is 12.0 Å². The molecule has 0 radical (unpaired) electrons. The fourth-order valence-corrected chi connectivity index (χ4v) is 1.21. The Morgan fingerprint density at radius 3 is 2.20 bits per heavy atom. The van der Waals surface area contributed by atoms with E-state index in [4.69, 9.17) is 5.11 Å². The van der Waals surface area contributed by atoms with Gasteiger partial charge in [-0.05, 0) is 6.92 Å². The molecule has 1 aliphatic heterocycles. The van der Waals surface area contributed by atoms with E-state index in [1.165, 1.54) is 0 Å². The van der Waals surface area contributed by atoms with Crippen molar-refractivity contribution in [1.29, 1.82) is 0 Å². The fourth-order valence-electron chi connectivity index (χ4n) is 1.21. The maximum Gasteiger partial charge on any atom is 0.0830 e. The quantitative estimate of drug-likeness (QED) is 0.459. The zero-order valence-electron chi connectivity index (χ0n) is 6.52. The van der Waals surface area contributed by atoms with Gasteiger partial charge in [0.15, 0.2) is 0 Å². The molecule has 0 spiro atoms. The Labute approximate surface area is 61.1 Å². The summed E-state index contributed by atoms with van der Waals surface area (Å²) in [5, 5.41) is 21.7. The van der Waals surface area contributed by atoms with Crippen LogP contribution in [-0.2, 0) is 0 Å². The van der Waals surface area contributed by atoms with Crippen LogP contribution in [0.2, 0.25) is 0 Å². The van der Waals surface area contributed by atoms with Gasteiger partial charge in [0.1, 0.15) is 0 Å². The molecular formula is C7H15NO2. The van der Waals surface area contributed by atoms with Crippen LogP contribution in [0.4, 0.5) is 0 Å². The Kier molecular flexibility index (Phi) is 1.75. The first-order chi connectivity index (χ1) is 4.52. The number of aliphatic hydroxyl groups excluding tert-OH is 1. The normalized spacial score (nSPS) is 48.0. The number of hydrogen-bond acceptors (Lipinski definition) is 3. The lowest BCUT2D eigenvalue weighted by molar-refractivity contribution is -0.0480. The van der Waals surface area contributed by atoms with E-state index in [2.05, 4.69) is 5.32 Å². The SMILES string of the molecule is C[C@]1(CO)CNC[C@@]1(C)O. The zero-order valence-corrected chi connectivity index (χ0v) is 6.52. The Bertz CT molecular complexity index is 136. The number of aliphatic hydroxyl groups is 2. The predicted molar refractivity (Wildman–Crippen MR) is 38.7 cm³/mol. The van der Waals surface area contributed by atoms with Crippen LogP contribution in [0, 0.1) is 5.41 Å². The van der Waals surface area contributed by atoms with Crippen molar-refractivity contribution in [2.24, 2.45) is 5.41 Å². The summed E-state index contributed by atoms with van der Waals surface area (Å²) in [5.41, 5.74) is -1.13. The average molecular weight is 145 g/mol. The molecule has 10 heavy (non-hydrogen) atoms. The van der Waals surface area contributed by atoms with Crippen molar-refractivity contribution in [2.75, 3.05) is 19.7 Å². The molecule has 0 aromatic heterocycles. The summed E-state index contributed by atoms with van der Waals surface area (Å²) in [6.45, 7) is 4.93. The topological polar surface area (TPSA) is 52.5 Å². The molecule has 0 saturated carbocycles. The highest BCUT2D eigenvalue weighted by Gasteiger charge is 2.46. The summed E-state index contributed by atoms with van der Waals surface area (Å²) in [7, 11) is 0. The Morgan fingerprint density at radius 2 is 2.00 bits per heavy atom. The lowest BCUT2D eigenvalue weighted by Gasteiger charge is -2.33. The van der Waals surface area contributed by atoms with E-state index in [1.807, 2.05) is 6.92 Å². The molecule has 1 fully saturated rings.